The summed E-state index contributed by atoms with van der Waals surface area (Å²) in [6, 6.07) is -1.98. The van der Waals surface area contributed by atoms with Crippen molar-refractivity contribution in [2.24, 2.45) is 5.73 Å². The number of nitrogens with one attached hydrogen (secondary N) is 2. The van der Waals surface area contributed by atoms with Gasteiger partial charge < -0.3 is 16.4 Å². The molecule has 0 bridgehead atoms. The van der Waals surface area contributed by atoms with E-state index >= 15 is 0 Å². The Morgan fingerprint density at radius 3 is 2.40 bits per heavy atom. The highest BCUT2D eigenvalue weighted by Gasteiger charge is 2.21. The van der Waals surface area contributed by atoms with Gasteiger partial charge in [-0.15, -0.1) is 0 Å². The van der Waals surface area contributed by atoms with Crippen LogP contribution in [-0.2, 0) is 14.4 Å². The van der Waals surface area contributed by atoms with Gasteiger partial charge in [-0.3, -0.25) is 14.4 Å². The maximum Gasteiger partial charge on any atom is 0.242 e. The number of carbonyl (C=O) groups is 2. The van der Waals surface area contributed by atoms with Crippen molar-refractivity contribution in [3.63, 3.8) is 0 Å². The number of nitrogens with two attached hydrogens (primary N) is 1. The van der Waals surface area contributed by atoms with Crippen molar-refractivity contribution in [1.82, 2.24) is 10.6 Å². The summed E-state index contributed by atoms with van der Waals surface area (Å²) in [5, 5.41) is 5.08. The van der Waals surface area contributed by atoms with Crippen LogP contribution >= 0.6 is 11.8 Å². The average Bonchev–Trinajstić information content (AvgIpc) is 2.43. The lowest BCUT2D eigenvalue weighted by Gasteiger charge is -2.19. The quantitative estimate of drug-likeness (QED) is 0.526. The molecule has 4 N–H and O–H groups in total. The van der Waals surface area contributed by atoms with Crippen LogP contribution in [0, 0.1) is 0 Å². The molecular formula is C13H24N3O3S. The molecule has 0 fully saturated rings. The largest absolute Gasteiger partial charge is 0.344 e. The zero-order valence-electron chi connectivity index (χ0n) is 12.3. The Morgan fingerprint density at radius 2 is 1.90 bits per heavy atom. The van der Waals surface area contributed by atoms with Gasteiger partial charge in [-0.2, -0.15) is 11.8 Å². The third-order valence-electron chi connectivity index (χ3n) is 2.76. The standard InChI is InChI=1S/C13H24N3O3S/c1-4-5-10(8-17)16-12(18)9(2)15-13(19)11(14)6-7-20-3/h9-11H,4-7,14H2,1-3H3,(H,15,19)(H,16,18)/t9-,10-,11-/m0/s1. The van der Waals surface area contributed by atoms with E-state index in [0.717, 1.165) is 12.2 Å². The van der Waals surface area contributed by atoms with Crippen molar-refractivity contribution in [3.05, 3.63) is 0 Å². The molecule has 7 heteroatoms. The topological polar surface area (TPSA) is 101 Å². The van der Waals surface area contributed by atoms with Crippen LogP contribution in [0.4, 0.5) is 0 Å². The Balaban J connectivity index is 4.23. The minimum atomic E-state index is -0.726. The summed E-state index contributed by atoms with van der Waals surface area (Å²) >= 11 is 1.61. The molecule has 6 nitrogen and oxygen atoms in total. The van der Waals surface area contributed by atoms with Crippen LogP contribution in [0.25, 0.3) is 0 Å². The van der Waals surface area contributed by atoms with Crippen LogP contribution in [0.2, 0.25) is 0 Å². The fourth-order valence-corrected chi connectivity index (χ4v) is 2.00. The highest BCUT2D eigenvalue weighted by atomic mass is 32.2. The smallest absolute Gasteiger partial charge is 0.242 e. The first-order chi connectivity index (χ1) is 9.46. The third-order valence-corrected chi connectivity index (χ3v) is 3.40. The molecule has 2 amide bonds. The second-order valence-electron chi connectivity index (χ2n) is 4.59. The van der Waals surface area contributed by atoms with E-state index in [2.05, 4.69) is 10.6 Å². The summed E-state index contributed by atoms with van der Waals surface area (Å²) in [6.07, 6.45) is 5.56. The molecule has 0 aromatic carbocycles. The number of hydrogen-bond donors (Lipinski definition) is 3. The number of rotatable bonds is 10. The molecule has 0 aliphatic heterocycles. The number of carbonyl (C=O) groups excluding carboxylic acids is 3. The van der Waals surface area contributed by atoms with Gasteiger partial charge in [0.2, 0.25) is 18.1 Å². The van der Waals surface area contributed by atoms with Gasteiger partial charge >= 0.3 is 0 Å². The van der Waals surface area contributed by atoms with E-state index in [9.17, 15) is 14.4 Å². The molecule has 0 aromatic heterocycles. The van der Waals surface area contributed by atoms with Gasteiger partial charge in [0.15, 0.2) is 0 Å². The van der Waals surface area contributed by atoms with Crippen molar-refractivity contribution in [2.75, 3.05) is 12.0 Å². The Kier molecular flexibility index (Phi) is 10.1. The van der Waals surface area contributed by atoms with Crippen LogP contribution in [0.15, 0.2) is 0 Å². The Bertz CT molecular complexity index is 326. The summed E-state index contributed by atoms with van der Waals surface area (Å²) in [5.41, 5.74) is 5.71. The van der Waals surface area contributed by atoms with Gasteiger partial charge in [0.1, 0.15) is 6.04 Å². The normalized spacial score (nSPS) is 15.0. The summed E-state index contributed by atoms with van der Waals surface area (Å²) in [4.78, 5) is 34.2. The number of thioether (sulfide) groups is 1. The maximum atomic E-state index is 11.8. The van der Waals surface area contributed by atoms with E-state index in [1.807, 2.05) is 13.2 Å². The van der Waals surface area contributed by atoms with Crippen LogP contribution < -0.4 is 16.4 Å². The zero-order valence-corrected chi connectivity index (χ0v) is 13.1. The maximum absolute atomic E-state index is 11.8. The highest BCUT2D eigenvalue weighted by Crippen LogP contribution is 1.99. The summed E-state index contributed by atoms with van der Waals surface area (Å²) in [5.74, 6) is 0.0226. The molecule has 0 heterocycles. The number of hydrogen-bond acceptors (Lipinski definition) is 5. The van der Waals surface area contributed by atoms with Gasteiger partial charge in [-0.25, -0.2) is 0 Å². The zero-order chi connectivity index (χ0) is 15.5. The van der Waals surface area contributed by atoms with Crippen molar-refractivity contribution in [1.29, 1.82) is 0 Å². The van der Waals surface area contributed by atoms with E-state index in [4.69, 9.17) is 5.73 Å². The third kappa shape index (κ3) is 7.49. The van der Waals surface area contributed by atoms with E-state index in [1.54, 1.807) is 25.0 Å². The van der Waals surface area contributed by atoms with Crippen LogP contribution in [0.3, 0.4) is 0 Å². The van der Waals surface area contributed by atoms with Gasteiger partial charge in [0.05, 0.1) is 12.1 Å². The molecule has 0 unspecified atom stereocenters. The highest BCUT2D eigenvalue weighted by molar-refractivity contribution is 7.98. The number of amides is 2. The Morgan fingerprint density at radius 1 is 1.25 bits per heavy atom. The predicted molar refractivity (Wildman–Crippen MR) is 81.1 cm³/mol. The monoisotopic (exact) mass is 302 g/mol. The molecule has 0 aliphatic carbocycles. The van der Waals surface area contributed by atoms with Gasteiger partial charge in [-0.1, -0.05) is 13.3 Å². The van der Waals surface area contributed by atoms with E-state index in [1.165, 1.54) is 0 Å². The van der Waals surface area contributed by atoms with Crippen molar-refractivity contribution < 1.29 is 14.4 Å². The first-order valence-corrected chi connectivity index (χ1v) is 8.08. The molecule has 115 valence electrons. The first-order valence-electron chi connectivity index (χ1n) is 6.69. The SMILES string of the molecule is CCC[C@@H]([C]=O)NC(=O)[C@H](C)NC(=O)[C@@H](N)CCSC. The van der Waals surface area contributed by atoms with Crippen LogP contribution in [0.1, 0.15) is 33.1 Å². The van der Waals surface area contributed by atoms with Gasteiger partial charge in [0, 0.05) is 0 Å². The second kappa shape index (κ2) is 10.7. The molecule has 0 aromatic rings. The molecule has 0 spiro atoms. The first kappa shape index (κ1) is 18.9. The fourth-order valence-electron chi connectivity index (χ4n) is 1.51. The molecule has 0 rings (SSSR count). The van der Waals surface area contributed by atoms with Crippen LogP contribution in [0.5, 0.6) is 0 Å². The lowest BCUT2D eigenvalue weighted by Crippen LogP contribution is -2.52. The van der Waals surface area contributed by atoms with Crippen molar-refractivity contribution >= 4 is 29.9 Å². The molecule has 0 saturated carbocycles. The lowest BCUT2D eigenvalue weighted by atomic mass is 10.1. The van der Waals surface area contributed by atoms with Crippen molar-refractivity contribution in [3.8, 4) is 0 Å². The van der Waals surface area contributed by atoms with E-state index in [-0.39, 0.29) is 5.91 Å². The van der Waals surface area contributed by atoms with E-state index < -0.39 is 24.0 Å². The van der Waals surface area contributed by atoms with Crippen molar-refractivity contribution in [2.45, 2.75) is 51.2 Å². The fraction of sp³-hybridized carbons (Fsp3) is 0.769. The second-order valence-corrected chi connectivity index (χ2v) is 5.57. The van der Waals surface area contributed by atoms with Gasteiger partial charge in [0.25, 0.3) is 0 Å². The average molecular weight is 302 g/mol. The molecule has 1 radical (unpaired) electrons. The minimum absolute atomic E-state index is 0.358. The predicted octanol–water partition coefficient (Wildman–Crippen LogP) is -0.0339. The van der Waals surface area contributed by atoms with E-state index in [0.29, 0.717) is 12.8 Å². The van der Waals surface area contributed by atoms with Crippen LogP contribution in [-0.4, -0.2) is 48.2 Å². The Hall–Kier alpha value is -1.08. The minimum Gasteiger partial charge on any atom is -0.344 e. The molecule has 20 heavy (non-hydrogen) atoms. The summed E-state index contributed by atoms with van der Waals surface area (Å²) in [7, 11) is 0. The molecule has 0 saturated heterocycles. The molecular weight excluding hydrogens is 278 g/mol. The summed E-state index contributed by atoms with van der Waals surface area (Å²) < 4.78 is 0. The van der Waals surface area contributed by atoms with Gasteiger partial charge in [-0.05, 0) is 31.8 Å². The Labute approximate surface area is 124 Å². The molecule has 0 aliphatic rings. The lowest BCUT2D eigenvalue weighted by molar-refractivity contribution is -0.129. The summed E-state index contributed by atoms with van der Waals surface area (Å²) in [6.45, 7) is 3.47. The molecule has 3 atom stereocenters.